The van der Waals surface area contributed by atoms with Crippen molar-refractivity contribution in [3.05, 3.63) is 28.8 Å². The Bertz CT molecular complexity index is 406. The molecule has 0 heterocycles. The molecular weight excluding hydrogens is 222 g/mol. The van der Waals surface area contributed by atoms with Gasteiger partial charge in [0.05, 0.1) is 7.11 Å². The number of ether oxygens (including phenoxy) is 1. The van der Waals surface area contributed by atoms with E-state index in [1.54, 1.807) is 7.11 Å². The van der Waals surface area contributed by atoms with Gasteiger partial charge in [0.25, 0.3) is 0 Å². The predicted octanol–water partition coefficient (Wildman–Crippen LogP) is 3.32. The first-order chi connectivity index (χ1) is 7.36. The predicted molar refractivity (Wildman–Crippen MR) is 66.9 cm³/mol. The minimum Gasteiger partial charge on any atom is -0.496 e. The number of hydrogen-bond acceptors (Lipinski definition) is 2. The van der Waals surface area contributed by atoms with Crippen LogP contribution in [0.2, 0.25) is 5.02 Å². The minimum absolute atomic E-state index is 0.278. The fourth-order valence-corrected chi connectivity index (χ4v) is 3.09. The van der Waals surface area contributed by atoms with Crippen LogP contribution in [0.3, 0.4) is 0 Å². The van der Waals surface area contributed by atoms with Crippen LogP contribution in [0.15, 0.2) is 18.2 Å². The molecule has 0 atom stereocenters. The molecule has 0 saturated heterocycles. The summed E-state index contributed by atoms with van der Waals surface area (Å²) >= 11 is 6.02. The van der Waals surface area contributed by atoms with Gasteiger partial charge in [0.2, 0.25) is 0 Å². The molecule has 88 valence electrons. The average molecular weight is 240 g/mol. The summed E-state index contributed by atoms with van der Waals surface area (Å²) in [7, 11) is 1.67. The number of methoxy groups -OCH3 is 1. The van der Waals surface area contributed by atoms with Crippen LogP contribution in [0.1, 0.15) is 32.3 Å². The van der Waals surface area contributed by atoms with Gasteiger partial charge in [-0.15, -0.1) is 0 Å². The Labute approximate surface area is 102 Å². The normalized spacial score (nSPS) is 21.3. The van der Waals surface area contributed by atoms with Gasteiger partial charge in [0.1, 0.15) is 5.75 Å². The van der Waals surface area contributed by atoms with Crippen LogP contribution < -0.4 is 10.5 Å². The van der Waals surface area contributed by atoms with Gasteiger partial charge in [-0.1, -0.05) is 25.4 Å². The van der Waals surface area contributed by atoms with Gasteiger partial charge in [-0.3, -0.25) is 0 Å². The van der Waals surface area contributed by atoms with E-state index in [1.165, 1.54) is 0 Å². The first-order valence-corrected chi connectivity index (χ1v) is 5.87. The fraction of sp³-hybridized carbons (Fsp3) is 0.538. The molecule has 1 aromatic carbocycles. The van der Waals surface area contributed by atoms with Crippen molar-refractivity contribution in [2.45, 2.75) is 32.2 Å². The van der Waals surface area contributed by atoms with Crippen molar-refractivity contribution in [3.8, 4) is 5.75 Å². The Morgan fingerprint density at radius 2 is 1.94 bits per heavy atom. The monoisotopic (exact) mass is 239 g/mol. The minimum atomic E-state index is -0.278. The second-order valence-electron chi connectivity index (χ2n) is 5.52. The summed E-state index contributed by atoms with van der Waals surface area (Å²) < 4.78 is 5.35. The van der Waals surface area contributed by atoms with E-state index in [-0.39, 0.29) is 5.54 Å². The lowest BCUT2D eigenvalue weighted by Crippen LogP contribution is -2.53. The molecule has 1 aliphatic rings. The molecule has 0 aromatic heterocycles. The first-order valence-electron chi connectivity index (χ1n) is 5.49. The molecule has 0 unspecified atom stereocenters. The zero-order valence-corrected chi connectivity index (χ0v) is 10.8. The summed E-state index contributed by atoms with van der Waals surface area (Å²) in [5, 5.41) is 0.713. The van der Waals surface area contributed by atoms with Crippen LogP contribution in [0.5, 0.6) is 5.75 Å². The lowest BCUT2D eigenvalue weighted by Gasteiger charge is -2.51. The van der Waals surface area contributed by atoms with Crippen molar-refractivity contribution >= 4 is 11.6 Å². The number of nitrogens with two attached hydrogens (primary N) is 1. The fourth-order valence-electron chi connectivity index (χ4n) is 2.92. The molecular formula is C13H18ClNO. The maximum atomic E-state index is 6.41. The Morgan fingerprint density at radius 1 is 1.31 bits per heavy atom. The second kappa shape index (κ2) is 3.64. The van der Waals surface area contributed by atoms with Crippen LogP contribution in [0.25, 0.3) is 0 Å². The molecule has 0 radical (unpaired) electrons. The maximum absolute atomic E-state index is 6.41. The highest BCUT2D eigenvalue weighted by atomic mass is 35.5. The van der Waals surface area contributed by atoms with E-state index in [2.05, 4.69) is 13.8 Å². The summed E-state index contributed by atoms with van der Waals surface area (Å²) in [6.45, 7) is 4.46. The van der Waals surface area contributed by atoms with E-state index in [0.717, 1.165) is 24.2 Å². The van der Waals surface area contributed by atoms with E-state index in [9.17, 15) is 0 Å². The third kappa shape index (κ3) is 1.92. The Balaban J connectivity index is 2.37. The molecule has 0 aliphatic heterocycles. The van der Waals surface area contributed by atoms with Gasteiger partial charge in [0, 0.05) is 16.1 Å². The van der Waals surface area contributed by atoms with Crippen LogP contribution in [0, 0.1) is 5.41 Å². The van der Waals surface area contributed by atoms with E-state index < -0.39 is 0 Å². The Morgan fingerprint density at radius 3 is 2.44 bits per heavy atom. The van der Waals surface area contributed by atoms with Crippen molar-refractivity contribution in [1.82, 2.24) is 0 Å². The maximum Gasteiger partial charge on any atom is 0.124 e. The first kappa shape index (κ1) is 11.7. The molecule has 0 spiro atoms. The molecule has 16 heavy (non-hydrogen) atoms. The summed E-state index contributed by atoms with van der Waals surface area (Å²) in [5.74, 6) is 0.836. The lowest BCUT2D eigenvalue weighted by atomic mass is 9.57. The largest absolute Gasteiger partial charge is 0.496 e. The van der Waals surface area contributed by atoms with Crippen molar-refractivity contribution in [2.75, 3.05) is 7.11 Å². The van der Waals surface area contributed by atoms with Crippen LogP contribution >= 0.6 is 11.6 Å². The molecule has 2 nitrogen and oxygen atoms in total. The standard InChI is InChI=1S/C13H18ClNO/c1-12(2)7-13(15,8-12)10-6-9(14)4-5-11(10)16-3/h4-6H,7-8,15H2,1-3H3. The lowest BCUT2D eigenvalue weighted by molar-refractivity contribution is 0.0598. The molecule has 0 amide bonds. The third-order valence-electron chi connectivity index (χ3n) is 3.29. The zero-order valence-electron chi connectivity index (χ0n) is 10.0. The molecule has 0 bridgehead atoms. The van der Waals surface area contributed by atoms with Crippen molar-refractivity contribution in [3.63, 3.8) is 0 Å². The molecule has 3 heteroatoms. The third-order valence-corrected chi connectivity index (χ3v) is 3.52. The number of benzene rings is 1. The van der Waals surface area contributed by atoms with Crippen LogP contribution in [-0.2, 0) is 5.54 Å². The number of halogens is 1. The smallest absolute Gasteiger partial charge is 0.124 e. The van der Waals surface area contributed by atoms with E-state index >= 15 is 0 Å². The topological polar surface area (TPSA) is 35.2 Å². The highest BCUT2D eigenvalue weighted by molar-refractivity contribution is 6.30. The van der Waals surface area contributed by atoms with Crippen molar-refractivity contribution in [1.29, 1.82) is 0 Å². The van der Waals surface area contributed by atoms with Gasteiger partial charge in [-0.2, -0.15) is 0 Å². The van der Waals surface area contributed by atoms with E-state index in [0.29, 0.717) is 10.4 Å². The highest BCUT2D eigenvalue weighted by Crippen LogP contribution is 2.54. The number of rotatable bonds is 2. The van der Waals surface area contributed by atoms with Crippen molar-refractivity contribution in [2.24, 2.45) is 11.1 Å². The second-order valence-corrected chi connectivity index (χ2v) is 5.95. The van der Waals surface area contributed by atoms with Crippen molar-refractivity contribution < 1.29 is 4.74 Å². The molecule has 1 aliphatic carbocycles. The molecule has 2 rings (SSSR count). The Kier molecular flexibility index (Phi) is 2.67. The summed E-state index contributed by atoms with van der Waals surface area (Å²) in [6.07, 6.45) is 1.94. The highest BCUT2D eigenvalue weighted by Gasteiger charge is 2.48. The Hall–Kier alpha value is -0.730. The quantitative estimate of drug-likeness (QED) is 0.859. The average Bonchev–Trinajstić information content (AvgIpc) is 2.14. The summed E-state index contributed by atoms with van der Waals surface area (Å²) in [4.78, 5) is 0. The van der Waals surface area contributed by atoms with Gasteiger partial charge >= 0.3 is 0 Å². The molecule has 1 aromatic rings. The van der Waals surface area contributed by atoms with Crippen LogP contribution in [0.4, 0.5) is 0 Å². The van der Waals surface area contributed by atoms with Gasteiger partial charge in [-0.05, 0) is 36.5 Å². The zero-order chi connectivity index (χ0) is 12.0. The van der Waals surface area contributed by atoms with E-state index in [1.807, 2.05) is 18.2 Å². The molecule has 1 fully saturated rings. The van der Waals surface area contributed by atoms with Gasteiger partial charge < -0.3 is 10.5 Å². The molecule has 1 saturated carbocycles. The molecule has 2 N–H and O–H groups in total. The summed E-state index contributed by atoms with van der Waals surface area (Å²) in [6, 6.07) is 5.64. The number of hydrogen-bond donors (Lipinski definition) is 1. The van der Waals surface area contributed by atoms with E-state index in [4.69, 9.17) is 22.1 Å². The SMILES string of the molecule is COc1ccc(Cl)cc1C1(N)CC(C)(C)C1. The van der Waals surface area contributed by atoms with Gasteiger partial charge in [-0.25, -0.2) is 0 Å². The van der Waals surface area contributed by atoms with Crippen LogP contribution in [-0.4, -0.2) is 7.11 Å². The van der Waals surface area contributed by atoms with Gasteiger partial charge in [0.15, 0.2) is 0 Å². The summed E-state index contributed by atoms with van der Waals surface area (Å²) in [5.41, 5.74) is 7.48.